The lowest BCUT2D eigenvalue weighted by atomic mass is 10.0. The summed E-state index contributed by atoms with van der Waals surface area (Å²) in [6, 6.07) is 8.20. The molecule has 0 spiro atoms. The second-order valence-corrected chi connectivity index (χ2v) is 6.78. The third kappa shape index (κ3) is 4.95. The highest BCUT2D eigenvalue weighted by Gasteiger charge is 2.32. The van der Waals surface area contributed by atoms with Gasteiger partial charge in [0.15, 0.2) is 11.5 Å². The Morgan fingerprint density at radius 1 is 1.14 bits per heavy atom. The molecule has 1 aliphatic rings. The summed E-state index contributed by atoms with van der Waals surface area (Å²) in [7, 11) is 3.05. The Morgan fingerprint density at radius 2 is 1.90 bits per heavy atom. The van der Waals surface area contributed by atoms with Crippen LogP contribution in [0.25, 0.3) is 0 Å². The molecule has 156 valence electrons. The molecule has 1 fully saturated rings. The molecule has 0 radical (unpaired) electrons. The van der Waals surface area contributed by atoms with Crippen LogP contribution >= 0.6 is 0 Å². The van der Waals surface area contributed by atoms with Gasteiger partial charge in [-0.1, -0.05) is 6.07 Å². The van der Waals surface area contributed by atoms with Crippen molar-refractivity contribution in [1.82, 2.24) is 4.90 Å². The van der Waals surface area contributed by atoms with Gasteiger partial charge in [-0.15, -0.1) is 0 Å². The molecule has 1 N–H and O–H groups in total. The number of carbonyl (C=O) groups excluding carboxylic acids is 1. The number of nitrogens with zero attached hydrogens (tertiary/aromatic N) is 1. The van der Waals surface area contributed by atoms with Crippen LogP contribution in [-0.2, 0) is 11.2 Å². The Morgan fingerprint density at radius 3 is 2.55 bits per heavy atom. The Labute approximate surface area is 167 Å². The average molecular weight is 407 g/mol. The molecule has 8 heteroatoms. The van der Waals surface area contributed by atoms with E-state index in [1.165, 1.54) is 25.2 Å². The van der Waals surface area contributed by atoms with E-state index < -0.39 is 23.8 Å². The number of rotatable bonds is 6. The molecule has 29 heavy (non-hydrogen) atoms. The van der Waals surface area contributed by atoms with Gasteiger partial charge in [-0.3, -0.25) is 4.79 Å². The van der Waals surface area contributed by atoms with Gasteiger partial charge in [0.2, 0.25) is 5.91 Å². The number of benzene rings is 2. The number of amides is 1. The topological polar surface area (TPSA) is 68.2 Å². The fourth-order valence-corrected chi connectivity index (χ4v) is 3.28. The number of β-amino-alcohol motifs (C(OH)–C–C–N with tert-alkyl or cyclic N) is 1. The summed E-state index contributed by atoms with van der Waals surface area (Å²) in [5, 5.41) is 10.4. The van der Waals surface area contributed by atoms with Gasteiger partial charge < -0.3 is 24.2 Å². The lowest BCUT2D eigenvalue weighted by Crippen LogP contribution is -2.51. The zero-order chi connectivity index (χ0) is 21.0. The van der Waals surface area contributed by atoms with Crippen LogP contribution in [-0.4, -0.2) is 55.4 Å². The molecule has 0 bridgehead atoms. The van der Waals surface area contributed by atoms with Gasteiger partial charge in [-0.05, 0) is 23.8 Å². The largest absolute Gasteiger partial charge is 0.493 e. The molecular formula is C21H23F2NO5. The zero-order valence-electron chi connectivity index (χ0n) is 16.2. The first-order valence-corrected chi connectivity index (χ1v) is 9.19. The highest BCUT2D eigenvalue weighted by Crippen LogP contribution is 2.32. The minimum atomic E-state index is -0.904. The van der Waals surface area contributed by atoms with Gasteiger partial charge in [0.05, 0.1) is 27.2 Å². The number of carbonyl (C=O) groups is 1. The number of halogens is 2. The summed E-state index contributed by atoms with van der Waals surface area (Å²) in [6.07, 6.45) is -1.19. The van der Waals surface area contributed by atoms with Gasteiger partial charge in [-0.25, -0.2) is 8.78 Å². The number of aliphatic hydroxyl groups is 1. The molecule has 3 rings (SSSR count). The van der Waals surface area contributed by atoms with Crippen LogP contribution < -0.4 is 14.2 Å². The van der Waals surface area contributed by atoms with Crippen LogP contribution in [0.3, 0.4) is 0 Å². The number of hydrogen-bond donors (Lipinski definition) is 1. The lowest BCUT2D eigenvalue weighted by Gasteiger charge is -2.36. The number of ether oxygens (including phenoxy) is 3. The van der Waals surface area contributed by atoms with E-state index in [4.69, 9.17) is 14.2 Å². The maximum atomic E-state index is 13.8. The Hall–Kier alpha value is -2.87. The normalized spacial score (nSPS) is 19.0. The summed E-state index contributed by atoms with van der Waals surface area (Å²) in [5.41, 5.74) is 0.120. The molecule has 2 atom stereocenters. The fourth-order valence-electron chi connectivity index (χ4n) is 3.28. The molecular weight excluding hydrogens is 384 g/mol. The van der Waals surface area contributed by atoms with Crippen LogP contribution in [0.15, 0.2) is 36.4 Å². The summed E-state index contributed by atoms with van der Waals surface area (Å²) in [4.78, 5) is 13.9. The molecule has 2 aromatic rings. The van der Waals surface area contributed by atoms with Crippen LogP contribution in [0, 0.1) is 11.6 Å². The van der Waals surface area contributed by atoms with Gasteiger partial charge >= 0.3 is 0 Å². The maximum Gasteiger partial charge on any atom is 0.227 e. The minimum Gasteiger partial charge on any atom is -0.493 e. The Balaban J connectivity index is 1.59. The number of methoxy groups -OCH3 is 2. The third-order valence-corrected chi connectivity index (χ3v) is 4.87. The number of likely N-dealkylation sites (tertiary alicyclic amines) is 1. The maximum absolute atomic E-state index is 13.8. The Kier molecular flexibility index (Phi) is 6.53. The van der Waals surface area contributed by atoms with E-state index in [9.17, 15) is 18.7 Å². The SMILES string of the molecule is COc1ccc(O[C@@H]2CCN(C(=O)Cc3ccc(F)cc3F)C[C@H]2O)cc1OC. The van der Waals surface area contributed by atoms with Crippen molar-refractivity contribution in [3.05, 3.63) is 53.6 Å². The van der Waals surface area contributed by atoms with Crippen LogP contribution in [0.2, 0.25) is 0 Å². The average Bonchev–Trinajstić information content (AvgIpc) is 2.71. The van der Waals surface area contributed by atoms with E-state index >= 15 is 0 Å². The van der Waals surface area contributed by atoms with Gasteiger partial charge in [0, 0.05) is 25.1 Å². The van der Waals surface area contributed by atoms with E-state index in [0.29, 0.717) is 30.2 Å². The van der Waals surface area contributed by atoms with Crippen LogP contribution in [0.4, 0.5) is 8.78 Å². The number of piperidine rings is 1. The fraction of sp³-hybridized carbons (Fsp3) is 0.381. The molecule has 1 aliphatic heterocycles. The smallest absolute Gasteiger partial charge is 0.227 e. The number of hydrogen-bond acceptors (Lipinski definition) is 5. The van der Waals surface area contributed by atoms with E-state index in [1.807, 2.05) is 0 Å². The molecule has 1 saturated heterocycles. The first kappa shape index (κ1) is 20.9. The first-order valence-electron chi connectivity index (χ1n) is 9.19. The van der Waals surface area contributed by atoms with Crippen molar-refractivity contribution in [1.29, 1.82) is 0 Å². The van der Waals surface area contributed by atoms with Crippen molar-refractivity contribution in [2.75, 3.05) is 27.3 Å². The highest BCUT2D eigenvalue weighted by atomic mass is 19.1. The lowest BCUT2D eigenvalue weighted by molar-refractivity contribution is -0.136. The second-order valence-electron chi connectivity index (χ2n) is 6.78. The molecule has 0 saturated carbocycles. The quantitative estimate of drug-likeness (QED) is 0.797. The Bertz CT molecular complexity index is 876. The van der Waals surface area contributed by atoms with Crippen molar-refractivity contribution in [3.63, 3.8) is 0 Å². The summed E-state index contributed by atoms with van der Waals surface area (Å²) >= 11 is 0. The van der Waals surface area contributed by atoms with Crippen molar-refractivity contribution < 1.29 is 32.9 Å². The molecule has 0 aliphatic carbocycles. The van der Waals surface area contributed by atoms with Crippen molar-refractivity contribution in [3.8, 4) is 17.2 Å². The molecule has 0 aromatic heterocycles. The van der Waals surface area contributed by atoms with Crippen LogP contribution in [0.1, 0.15) is 12.0 Å². The monoisotopic (exact) mass is 407 g/mol. The van der Waals surface area contributed by atoms with E-state index in [2.05, 4.69) is 0 Å². The van der Waals surface area contributed by atoms with E-state index in [1.54, 1.807) is 18.2 Å². The predicted octanol–water partition coefficient (Wildman–Crippen LogP) is 2.57. The van der Waals surface area contributed by atoms with Crippen molar-refractivity contribution in [2.45, 2.75) is 25.0 Å². The van der Waals surface area contributed by atoms with Crippen molar-refractivity contribution in [2.24, 2.45) is 0 Å². The van der Waals surface area contributed by atoms with E-state index in [0.717, 1.165) is 12.1 Å². The third-order valence-electron chi connectivity index (χ3n) is 4.87. The summed E-state index contributed by atoms with van der Waals surface area (Å²) < 4.78 is 43.1. The summed E-state index contributed by atoms with van der Waals surface area (Å²) in [6.45, 7) is 0.427. The molecule has 0 unspecified atom stereocenters. The van der Waals surface area contributed by atoms with E-state index in [-0.39, 0.29) is 24.4 Å². The second kappa shape index (κ2) is 9.09. The van der Waals surface area contributed by atoms with Gasteiger partial charge in [-0.2, -0.15) is 0 Å². The number of aliphatic hydroxyl groups excluding tert-OH is 1. The standard InChI is InChI=1S/C21H23F2NO5/c1-27-19-6-5-15(11-20(19)28-2)29-18-7-8-24(12-17(18)25)21(26)9-13-3-4-14(22)10-16(13)23/h3-6,10-11,17-18,25H,7-9,12H2,1-2H3/t17-,18-/m1/s1. The minimum absolute atomic E-state index is 0.0691. The zero-order valence-corrected chi connectivity index (χ0v) is 16.2. The molecule has 6 nitrogen and oxygen atoms in total. The van der Waals surface area contributed by atoms with Gasteiger partial charge in [0.25, 0.3) is 0 Å². The summed E-state index contributed by atoms with van der Waals surface area (Å²) in [5.74, 6) is -0.200. The van der Waals surface area contributed by atoms with Crippen LogP contribution in [0.5, 0.6) is 17.2 Å². The molecule has 1 amide bonds. The first-order chi connectivity index (χ1) is 13.9. The predicted molar refractivity (Wildman–Crippen MR) is 101 cm³/mol. The van der Waals surface area contributed by atoms with Crippen molar-refractivity contribution >= 4 is 5.91 Å². The highest BCUT2D eigenvalue weighted by molar-refractivity contribution is 5.79. The molecule has 2 aromatic carbocycles. The van der Waals surface area contributed by atoms with Gasteiger partial charge in [0.1, 0.15) is 29.6 Å². The molecule has 1 heterocycles.